The minimum absolute atomic E-state index is 0.0250. The van der Waals surface area contributed by atoms with E-state index in [4.69, 9.17) is 0 Å². The van der Waals surface area contributed by atoms with Gasteiger partial charge in [0.15, 0.2) is 9.84 Å². The number of amides is 1. The van der Waals surface area contributed by atoms with E-state index in [2.05, 4.69) is 65.6 Å². The molecule has 1 unspecified atom stereocenters. The van der Waals surface area contributed by atoms with E-state index in [1.807, 2.05) is 0 Å². The van der Waals surface area contributed by atoms with Crippen LogP contribution in [0.3, 0.4) is 0 Å². The van der Waals surface area contributed by atoms with Crippen LogP contribution in [-0.4, -0.2) is 73.7 Å². The maximum atomic E-state index is 14.0. The van der Waals surface area contributed by atoms with Crippen molar-refractivity contribution in [3.63, 3.8) is 0 Å². The molecule has 0 bridgehead atoms. The lowest BCUT2D eigenvalue weighted by Gasteiger charge is -2.72. The van der Waals surface area contributed by atoms with Gasteiger partial charge in [-0.15, -0.1) is 0 Å². The molecule has 0 radical (unpaired) electrons. The fourth-order valence-corrected chi connectivity index (χ4v) is 15.6. The number of sulfone groups is 1. The predicted molar refractivity (Wildman–Crippen MR) is 204 cm³/mol. The summed E-state index contributed by atoms with van der Waals surface area (Å²) in [7, 11) is -3.05. The van der Waals surface area contributed by atoms with Crippen molar-refractivity contribution in [2.45, 2.75) is 124 Å². The van der Waals surface area contributed by atoms with Crippen LogP contribution in [0.15, 0.2) is 35.5 Å². The van der Waals surface area contributed by atoms with E-state index >= 15 is 0 Å². The summed E-state index contributed by atoms with van der Waals surface area (Å²) in [6, 6.07) is 0. The van der Waals surface area contributed by atoms with Gasteiger partial charge in [0, 0.05) is 18.6 Å². The molecule has 9 heteroatoms. The first kappa shape index (κ1) is 38.3. The number of rotatable bonds is 7. The van der Waals surface area contributed by atoms with Crippen molar-refractivity contribution >= 4 is 21.7 Å². The highest BCUT2D eigenvalue weighted by Crippen LogP contribution is 2.76. The van der Waals surface area contributed by atoms with Crippen molar-refractivity contribution in [1.29, 1.82) is 0 Å². The number of hydrogen-bond donors (Lipinski definition) is 2. The first-order valence-corrected chi connectivity index (χ1v) is 22.2. The number of allylic oxidation sites excluding steroid dienone is 5. The Morgan fingerprint density at radius 2 is 1.63 bits per heavy atom. The third-order valence-electron chi connectivity index (χ3n) is 17.6. The molecule has 0 spiro atoms. The van der Waals surface area contributed by atoms with E-state index in [0.29, 0.717) is 55.5 Å². The van der Waals surface area contributed by atoms with Crippen LogP contribution in [0.1, 0.15) is 119 Å². The van der Waals surface area contributed by atoms with Crippen LogP contribution in [0.5, 0.6) is 0 Å². The van der Waals surface area contributed by atoms with E-state index < -0.39 is 27.9 Å². The van der Waals surface area contributed by atoms with Crippen LogP contribution in [0.25, 0.3) is 0 Å². The maximum Gasteiger partial charge on any atom is 0.312 e. The predicted octanol–water partition coefficient (Wildman–Crippen LogP) is 7.93. The second-order valence-corrected chi connectivity index (χ2v) is 22.2. The van der Waals surface area contributed by atoms with Crippen LogP contribution in [0.2, 0.25) is 0 Å². The van der Waals surface area contributed by atoms with Crippen LogP contribution in [0, 0.1) is 56.7 Å². The molecule has 0 aromatic carbocycles. The molecule has 5 fully saturated rings. The van der Waals surface area contributed by atoms with Crippen LogP contribution >= 0.6 is 0 Å². The molecular formula is C43H65FN2O5S. The zero-order valence-corrected chi connectivity index (χ0v) is 33.6. The third-order valence-corrected chi connectivity index (χ3v) is 19.2. The van der Waals surface area contributed by atoms with Gasteiger partial charge in [-0.1, -0.05) is 58.9 Å². The third kappa shape index (κ3) is 5.57. The molecule has 290 valence electrons. The molecule has 7 nitrogen and oxygen atoms in total. The molecule has 10 atom stereocenters. The smallest absolute Gasteiger partial charge is 0.312 e. The van der Waals surface area contributed by atoms with Crippen molar-refractivity contribution in [3.05, 3.63) is 35.5 Å². The molecular weight excluding hydrogens is 676 g/mol. The fourth-order valence-electron chi connectivity index (χ4n) is 14.4. The quantitative estimate of drug-likeness (QED) is 0.257. The van der Waals surface area contributed by atoms with Crippen LogP contribution in [0.4, 0.5) is 4.39 Å². The number of carbonyl (C=O) groups is 2. The lowest BCUT2D eigenvalue weighted by molar-refractivity contribution is -0.221. The lowest BCUT2D eigenvalue weighted by Crippen LogP contribution is -2.68. The monoisotopic (exact) mass is 740 g/mol. The summed E-state index contributed by atoms with van der Waals surface area (Å²) in [6.07, 6.45) is 16.0. The highest BCUT2D eigenvalue weighted by atomic mass is 32.2. The number of aliphatic carboxylic acids is 1. The highest BCUT2D eigenvalue weighted by Gasteiger charge is 2.70. The molecule has 52 heavy (non-hydrogen) atoms. The Morgan fingerprint density at radius 3 is 2.25 bits per heavy atom. The second-order valence-electron chi connectivity index (χ2n) is 19.9. The Kier molecular flexibility index (Phi) is 9.41. The zero-order chi connectivity index (χ0) is 37.7. The molecule has 1 aliphatic heterocycles. The van der Waals surface area contributed by atoms with Crippen LogP contribution < -0.4 is 5.32 Å². The van der Waals surface area contributed by atoms with Crippen LogP contribution in [-0.2, 0) is 19.4 Å². The molecule has 4 saturated carbocycles. The standard InChI is InChI=1S/C43H65FN2O5S/c1-28(2)30-12-19-43(45-26-35(47)46-22-24-52(50,51)25-23-46)21-20-40(6)32(36(30)43)8-9-34-39(5)15-13-31(38(3,4)33(39)14-16-41(34,40)7)29-10-17-42(27-44,18-11-29)37(48)49/h10,13,30,32-34,36,45H,1,8-9,11-12,14-27H2,2-7H3,(H,48,49)/t30-,32+,33-,34+,36+,39-,40+,41+,42?,43-/m0/s1. The second kappa shape index (κ2) is 12.8. The summed E-state index contributed by atoms with van der Waals surface area (Å²) in [5, 5.41) is 13.7. The number of halogens is 1. The van der Waals surface area contributed by atoms with Crippen molar-refractivity contribution in [3.8, 4) is 0 Å². The van der Waals surface area contributed by atoms with Gasteiger partial charge in [-0.3, -0.25) is 9.59 Å². The molecule has 1 amide bonds. The molecule has 0 aromatic rings. The Balaban J connectivity index is 1.14. The number of carbonyl (C=O) groups excluding carboxylic acids is 1. The number of carboxylic acid groups (broad SMARTS) is 1. The molecule has 6 aliphatic carbocycles. The zero-order valence-electron chi connectivity index (χ0n) is 32.8. The van der Waals surface area contributed by atoms with Crippen molar-refractivity contribution in [1.82, 2.24) is 10.2 Å². The molecule has 7 rings (SSSR count). The van der Waals surface area contributed by atoms with Crippen molar-refractivity contribution in [2.75, 3.05) is 37.8 Å². The van der Waals surface area contributed by atoms with E-state index in [9.17, 15) is 27.5 Å². The van der Waals surface area contributed by atoms with Gasteiger partial charge in [-0.25, -0.2) is 12.8 Å². The Labute approximate surface area is 312 Å². The number of hydrogen-bond acceptors (Lipinski definition) is 5. The number of alkyl halides is 1. The Bertz CT molecular complexity index is 1670. The number of carboxylic acids is 1. The summed E-state index contributed by atoms with van der Waals surface area (Å²) >= 11 is 0. The largest absolute Gasteiger partial charge is 0.481 e. The van der Waals surface area contributed by atoms with Gasteiger partial charge in [-0.2, -0.15) is 0 Å². The Hall–Kier alpha value is -2.00. The normalized spacial score (nSPS) is 45.0. The maximum absolute atomic E-state index is 14.0. The first-order valence-electron chi connectivity index (χ1n) is 20.4. The van der Waals surface area contributed by atoms with Gasteiger partial charge in [0.2, 0.25) is 5.91 Å². The summed E-state index contributed by atoms with van der Waals surface area (Å²) in [5.74, 6) is 1.63. The van der Waals surface area contributed by atoms with E-state index in [-0.39, 0.29) is 57.6 Å². The lowest BCUT2D eigenvalue weighted by atomic mass is 9.33. The summed E-state index contributed by atoms with van der Waals surface area (Å²) in [5.41, 5.74) is 2.95. The highest BCUT2D eigenvalue weighted by molar-refractivity contribution is 7.91. The molecule has 0 aromatic heterocycles. The average Bonchev–Trinajstić information content (AvgIpc) is 3.48. The van der Waals surface area contributed by atoms with E-state index in [0.717, 1.165) is 32.1 Å². The summed E-state index contributed by atoms with van der Waals surface area (Å²) in [4.78, 5) is 27.2. The van der Waals surface area contributed by atoms with Crippen molar-refractivity contribution < 1.29 is 27.5 Å². The molecule has 1 saturated heterocycles. The SMILES string of the molecule is C=C(C)[C@@H]1CC[C@]2(NCC(=O)N3CCS(=O)(=O)CC3)CC[C@]3(C)[C@H](CC[C@@H]4[C@@]5(C)CC=C(C6=CCC(CF)(C(=O)O)CC6)C(C)(C)[C@@H]5CC[C@]43C)[C@@H]12. The summed E-state index contributed by atoms with van der Waals surface area (Å²) in [6.45, 7) is 19.5. The van der Waals surface area contributed by atoms with Gasteiger partial charge in [0.25, 0.3) is 0 Å². The number of nitrogens with zero attached hydrogens (tertiary/aromatic N) is 1. The molecule has 2 N–H and O–H groups in total. The van der Waals surface area contributed by atoms with Gasteiger partial charge in [-0.05, 0) is 146 Å². The number of fused-ring (bicyclic) bond motifs is 7. The Morgan fingerprint density at radius 1 is 0.923 bits per heavy atom. The minimum Gasteiger partial charge on any atom is -0.481 e. The minimum atomic E-state index is -3.05. The van der Waals surface area contributed by atoms with Gasteiger partial charge >= 0.3 is 5.97 Å². The average molecular weight is 741 g/mol. The molecule has 7 aliphatic rings. The topological polar surface area (TPSA) is 104 Å². The first-order chi connectivity index (χ1) is 24.3. The fraction of sp³-hybridized carbons (Fsp3) is 0.814. The summed E-state index contributed by atoms with van der Waals surface area (Å²) < 4.78 is 38.0. The van der Waals surface area contributed by atoms with Gasteiger partial charge in [0.05, 0.1) is 23.5 Å². The van der Waals surface area contributed by atoms with Crippen molar-refractivity contribution in [2.24, 2.45) is 56.7 Å². The van der Waals surface area contributed by atoms with E-state index in [1.165, 1.54) is 42.4 Å². The van der Waals surface area contributed by atoms with Gasteiger partial charge < -0.3 is 15.3 Å². The molecule has 1 heterocycles. The van der Waals surface area contributed by atoms with E-state index in [1.54, 1.807) is 4.90 Å². The number of nitrogens with one attached hydrogen (secondary N) is 1. The van der Waals surface area contributed by atoms with Gasteiger partial charge in [0.1, 0.15) is 6.67 Å².